The smallest absolute Gasteiger partial charge is 0.430 e. The molecule has 0 atom stereocenters. The molecule has 40 valence electrons. The van der Waals surface area contributed by atoms with Gasteiger partial charge in [0, 0.05) is 0 Å². The maximum Gasteiger partial charge on any atom is 0.495 e. The Bertz CT molecular complexity index is 59.1. The fraction of sp³-hybridized carbons (Fsp3) is 0.600. The third kappa shape index (κ3) is 3.16. The van der Waals surface area contributed by atoms with Gasteiger partial charge in [0.25, 0.3) is 0 Å². The summed E-state index contributed by atoms with van der Waals surface area (Å²) in [4.78, 5) is 10.1. The highest BCUT2D eigenvalue weighted by atomic mass is 16.5. The summed E-state index contributed by atoms with van der Waals surface area (Å²) in [6, 6.07) is 0. The summed E-state index contributed by atoms with van der Waals surface area (Å²) in [7, 11) is 0. The van der Waals surface area contributed by atoms with Gasteiger partial charge in [0.1, 0.15) is 0 Å². The fourth-order valence-corrected chi connectivity index (χ4v) is 0.226. The molecule has 0 unspecified atom stereocenters. The van der Waals surface area contributed by atoms with Crippen LogP contribution in [0.2, 0.25) is 0 Å². The van der Waals surface area contributed by atoms with E-state index >= 15 is 0 Å². The summed E-state index contributed by atoms with van der Waals surface area (Å²) in [6.07, 6.45) is 1.39. The van der Waals surface area contributed by atoms with Crippen LogP contribution in [0.1, 0.15) is 13.8 Å². The third-order valence-corrected chi connectivity index (χ3v) is 0.522. The molecule has 0 aromatic carbocycles. The van der Waals surface area contributed by atoms with E-state index in [9.17, 15) is 4.79 Å². The minimum Gasteiger partial charge on any atom is -0.430 e. The largest absolute Gasteiger partial charge is 0.495 e. The Morgan fingerprint density at radius 3 is 2.57 bits per heavy atom. The quantitative estimate of drug-likeness (QED) is 0.379. The van der Waals surface area contributed by atoms with E-state index in [4.69, 9.17) is 0 Å². The Morgan fingerprint density at radius 2 is 2.43 bits per heavy atom. The van der Waals surface area contributed by atoms with Crippen molar-refractivity contribution >= 4 is 5.97 Å². The van der Waals surface area contributed by atoms with Crippen molar-refractivity contribution in [3.05, 3.63) is 6.42 Å². The van der Waals surface area contributed by atoms with E-state index in [1.54, 1.807) is 13.8 Å². The number of carbonyl (C=O) groups is 1. The Balaban J connectivity index is 3.00. The third-order valence-electron chi connectivity index (χ3n) is 0.522. The van der Waals surface area contributed by atoms with Crippen molar-refractivity contribution in [2.75, 3.05) is 6.61 Å². The van der Waals surface area contributed by atoms with Gasteiger partial charge in [-0.05, 0) is 6.92 Å². The molecule has 0 spiro atoms. The molecule has 0 heterocycles. The molecule has 0 saturated heterocycles. The summed E-state index contributed by atoms with van der Waals surface area (Å²) in [5, 5.41) is 0. The Morgan fingerprint density at radius 1 is 1.86 bits per heavy atom. The summed E-state index contributed by atoms with van der Waals surface area (Å²) < 4.78 is 4.50. The van der Waals surface area contributed by atoms with Gasteiger partial charge in [-0.1, -0.05) is 0 Å². The molecule has 0 aromatic rings. The van der Waals surface area contributed by atoms with Crippen LogP contribution in [-0.2, 0) is 9.53 Å². The fourth-order valence-electron chi connectivity index (χ4n) is 0.226. The molecule has 0 aliphatic carbocycles. The number of carbonyl (C=O) groups excluding carboxylic acids is 1. The first-order chi connectivity index (χ1) is 3.31. The Hall–Kier alpha value is -0.660. The molecule has 0 aromatic heterocycles. The highest BCUT2D eigenvalue weighted by Crippen LogP contribution is 1.79. The molecule has 7 heavy (non-hydrogen) atoms. The van der Waals surface area contributed by atoms with E-state index in [0.29, 0.717) is 6.61 Å². The average molecular weight is 101 g/mol. The highest BCUT2D eigenvalue weighted by molar-refractivity contribution is 5.78. The summed E-state index contributed by atoms with van der Waals surface area (Å²) in [5.74, 6) is -0.248. The molecule has 0 radical (unpaired) electrons. The monoisotopic (exact) mass is 101 g/mol. The first-order valence-corrected chi connectivity index (χ1v) is 2.27. The molecule has 0 bridgehead atoms. The maximum atomic E-state index is 10.1. The topological polar surface area (TPSA) is 26.3 Å². The van der Waals surface area contributed by atoms with Crippen LogP contribution in [0.15, 0.2) is 0 Å². The van der Waals surface area contributed by atoms with Gasteiger partial charge in [-0.15, -0.1) is 0 Å². The minimum atomic E-state index is -0.248. The van der Waals surface area contributed by atoms with Crippen molar-refractivity contribution in [2.24, 2.45) is 0 Å². The van der Waals surface area contributed by atoms with Crippen molar-refractivity contribution in [3.8, 4) is 0 Å². The molecule has 0 N–H and O–H groups in total. The normalized spacial score (nSPS) is 7.71. The standard InChI is InChI=1S/C5H9O2/c1-3-5(6)7-4-2/h3H,4H2,1-2H3/q+1. The van der Waals surface area contributed by atoms with E-state index < -0.39 is 0 Å². The molecular weight excluding hydrogens is 92.1 g/mol. The second-order valence-corrected chi connectivity index (χ2v) is 1.04. The van der Waals surface area contributed by atoms with E-state index in [0.717, 1.165) is 0 Å². The predicted octanol–water partition coefficient (Wildman–Crippen LogP) is 0.774. The van der Waals surface area contributed by atoms with Gasteiger partial charge >= 0.3 is 5.97 Å². The lowest BCUT2D eigenvalue weighted by Crippen LogP contribution is -2.00. The van der Waals surface area contributed by atoms with E-state index in [1.807, 2.05) is 0 Å². The van der Waals surface area contributed by atoms with E-state index in [2.05, 4.69) is 4.74 Å². The van der Waals surface area contributed by atoms with Crippen LogP contribution in [0.25, 0.3) is 0 Å². The van der Waals surface area contributed by atoms with Crippen LogP contribution in [-0.4, -0.2) is 12.6 Å². The van der Waals surface area contributed by atoms with Crippen LogP contribution in [0, 0.1) is 6.42 Å². The molecular formula is C5H9O2+. The SMILES string of the molecule is C[CH+]C(=O)OCC. The van der Waals surface area contributed by atoms with Gasteiger partial charge in [-0.2, -0.15) is 4.79 Å². The first kappa shape index (κ1) is 6.34. The molecule has 0 rings (SSSR count). The van der Waals surface area contributed by atoms with Gasteiger partial charge in [0.15, 0.2) is 6.42 Å². The van der Waals surface area contributed by atoms with Crippen molar-refractivity contribution in [3.63, 3.8) is 0 Å². The molecule has 2 heteroatoms. The highest BCUT2D eigenvalue weighted by Gasteiger charge is 2.04. The van der Waals surface area contributed by atoms with Crippen LogP contribution in [0.5, 0.6) is 0 Å². The summed E-state index contributed by atoms with van der Waals surface area (Å²) in [6.45, 7) is 3.89. The van der Waals surface area contributed by atoms with Crippen molar-refractivity contribution < 1.29 is 9.53 Å². The second kappa shape index (κ2) is 3.53. The maximum absolute atomic E-state index is 10.1. The van der Waals surface area contributed by atoms with Crippen LogP contribution in [0.3, 0.4) is 0 Å². The average Bonchev–Trinajstić information content (AvgIpc) is 1.68. The number of hydrogen-bond acceptors (Lipinski definition) is 2. The second-order valence-electron chi connectivity index (χ2n) is 1.04. The first-order valence-electron chi connectivity index (χ1n) is 2.27. The number of rotatable bonds is 2. The van der Waals surface area contributed by atoms with E-state index in [1.165, 1.54) is 6.42 Å². The van der Waals surface area contributed by atoms with Crippen LogP contribution < -0.4 is 0 Å². The predicted molar refractivity (Wildman–Crippen MR) is 26.6 cm³/mol. The molecule has 0 saturated carbocycles. The number of ether oxygens (including phenoxy) is 1. The lowest BCUT2D eigenvalue weighted by atomic mass is 10.5. The van der Waals surface area contributed by atoms with Crippen LogP contribution >= 0.6 is 0 Å². The van der Waals surface area contributed by atoms with Crippen molar-refractivity contribution in [2.45, 2.75) is 13.8 Å². The van der Waals surface area contributed by atoms with Crippen molar-refractivity contribution in [1.29, 1.82) is 0 Å². The zero-order chi connectivity index (χ0) is 5.70. The lowest BCUT2D eigenvalue weighted by Gasteiger charge is -1.86. The van der Waals surface area contributed by atoms with Gasteiger partial charge in [-0.25, -0.2) is 0 Å². The Labute approximate surface area is 43.5 Å². The zero-order valence-corrected chi connectivity index (χ0v) is 4.60. The number of hydrogen-bond donors (Lipinski definition) is 0. The summed E-state index contributed by atoms with van der Waals surface area (Å²) in [5.41, 5.74) is 0. The minimum absolute atomic E-state index is 0.248. The van der Waals surface area contributed by atoms with Gasteiger partial charge in [0.2, 0.25) is 0 Å². The zero-order valence-electron chi connectivity index (χ0n) is 4.60. The van der Waals surface area contributed by atoms with Gasteiger partial charge < -0.3 is 4.74 Å². The van der Waals surface area contributed by atoms with E-state index in [-0.39, 0.29) is 5.97 Å². The molecule has 0 fully saturated rings. The molecule has 0 amide bonds. The van der Waals surface area contributed by atoms with Crippen molar-refractivity contribution in [1.82, 2.24) is 0 Å². The number of esters is 1. The molecule has 0 aliphatic heterocycles. The van der Waals surface area contributed by atoms with Gasteiger partial charge in [-0.3, -0.25) is 0 Å². The molecule has 0 aliphatic rings. The lowest BCUT2D eigenvalue weighted by molar-refractivity contribution is -0.138. The summed E-state index contributed by atoms with van der Waals surface area (Å²) >= 11 is 0. The van der Waals surface area contributed by atoms with Crippen LogP contribution in [0.4, 0.5) is 0 Å². The molecule has 2 nitrogen and oxygen atoms in total. The van der Waals surface area contributed by atoms with Gasteiger partial charge in [0.05, 0.1) is 13.5 Å². The Kier molecular flexibility index (Phi) is 3.19.